The molecule has 1 aromatic rings. The molecule has 0 aliphatic heterocycles. The molecule has 1 aromatic heterocycles. The summed E-state index contributed by atoms with van der Waals surface area (Å²) in [5.74, 6) is 0.748. The van der Waals surface area contributed by atoms with Gasteiger partial charge in [0.2, 0.25) is 0 Å². The topological polar surface area (TPSA) is 26.0 Å². The van der Waals surface area contributed by atoms with Gasteiger partial charge in [0.05, 0.1) is 0 Å². The number of rotatable bonds is 0. The molecule has 2 nitrogen and oxygen atoms in total. The van der Waals surface area contributed by atoms with Gasteiger partial charge in [0, 0.05) is 0 Å². The largest absolute Gasteiger partial charge is 2.00 e. The van der Waals surface area contributed by atoms with E-state index in [2.05, 4.69) is 15.7 Å². The summed E-state index contributed by atoms with van der Waals surface area (Å²) in [5, 5.41) is 3.59. The van der Waals surface area contributed by atoms with Gasteiger partial charge in [-0.25, -0.2) is 0 Å². The van der Waals surface area contributed by atoms with E-state index in [1.165, 1.54) is 0 Å². The van der Waals surface area contributed by atoms with Gasteiger partial charge >= 0.3 is 23.1 Å². The second kappa shape index (κ2) is 5.49. The zero-order chi connectivity index (χ0) is 5.28. The van der Waals surface area contributed by atoms with Gasteiger partial charge in [0.15, 0.2) is 0 Å². The second-order valence-corrected chi connectivity index (χ2v) is 1.45. The molecule has 0 spiro atoms. The molecule has 0 fully saturated rings. The summed E-state index contributed by atoms with van der Waals surface area (Å²) in [7, 11) is 0. The molecule has 0 bridgehead atoms. The van der Waals surface area contributed by atoms with Gasteiger partial charge in [-0.2, -0.15) is 0 Å². The third kappa shape index (κ3) is 4.16. The molecule has 0 radical (unpaired) electrons. The Labute approximate surface area is 87.5 Å². The molecule has 0 unspecified atom stereocenters. The van der Waals surface area contributed by atoms with E-state index in [9.17, 15) is 0 Å². The van der Waals surface area contributed by atoms with Crippen molar-refractivity contribution in [2.45, 2.75) is 13.8 Å². The molecule has 9 heavy (non-hydrogen) atoms. The molecule has 0 N–H and O–H groups in total. The van der Waals surface area contributed by atoms with Gasteiger partial charge in [-0.1, -0.05) is 12.6 Å². The molecule has 0 saturated heterocycles. The van der Waals surface area contributed by atoms with Crippen LogP contribution in [0.2, 0.25) is 0 Å². The quantitative estimate of drug-likeness (QED) is 0.293. The van der Waals surface area contributed by atoms with Gasteiger partial charge in [0.25, 0.3) is 0 Å². The van der Waals surface area contributed by atoms with Crippen LogP contribution in [0.1, 0.15) is 11.5 Å². The summed E-state index contributed by atoms with van der Waals surface area (Å²) in [6.07, 6.45) is 0. The maximum atomic E-state index is 4.66. The van der Waals surface area contributed by atoms with Gasteiger partial charge in [-0.05, 0) is 12.7 Å². The van der Waals surface area contributed by atoms with E-state index in [1.807, 2.05) is 13.8 Å². The Morgan fingerprint density at radius 1 is 1.44 bits per heavy atom. The van der Waals surface area contributed by atoms with E-state index in [1.54, 1.807) is 0 Å². The normalized spacial score (nSPS) is 7.33. The van der Waals surface area contributed by atoms with Gasteiger partial charge < -0.3 is 34.6 Å². The summed E-state index contributed by atoms with van der Waals surface area (Å²) >= 11 is 0. The van der Waals surface area contributed by atoms with E-state index >= 15 is 0 Å². The molecule has 0 amide bonds. The van der Waals surface area contributed by atoms with Crippen LogP contribution in [0.15, 0.2) is 4.52 Å². The molecule has 0 atom stereocenters. The number of hydrogen-bond acceptors (Lipinski definition) is 2. The van der Waals surface area contributed by atoms with Crippen LogP contribution >= 0.6 is 0 Å². The third-order valence-electron chi connectivity index (χ3n) is 0.676. The summed E-state index contributed by atoms with van der Waals surface area (Å²) in [6.45, 7) is 3.66. The smallest absolute Gasteiger partial charge is 1.00 e. The maximum absolute atomic E-state index is 4.66. The fourth-order valence-electron chi connectivity index (χ4n) is 0.437. The summed E-state index contributed by atoms with van der Waals surface area (Å²) < 4.78 is 4.66. The van der Waals surface area contributed by atoms with Crippen LogP contribution in [0, 0.1) is 19.9 Å². The van der Waals surface area contributed by atoms with Gasteiger partial charge in [-0.15, -0.1) is 5.16 Å². The van der Waals surface area contributed by atoms with Crippen LogP contribution < -0.4 is 24.0 Å². The van der Waals surface area contributed by atoms with Crippen LogP contribution in [0.4, 0.5) is 0 Å². The number of hydrogen-bond donors (Lipinski definition) is 0. The summed E-state index contributed by atoms with van der Waals surface area (Å²) in [6, 6.07) is 2.86. The molecular formula is C5H6IMgNO. The van der Waals surface area contributed by atoms with Crippen molar-refractivity contribution in [2.75, 3.05) is 0 Å². The van der Waals surface area contributed by atoms with E-state index in [4.69, 9.17) is 0 Å². The van der Waals surface area contributed by atoms with E-state index < -0.39 is 0 Å². The standard InChI is InChI=1S/C5H6NO.HI.Mg/c1-4-3-5(2)7-6-4;;/h1-2H3;1H;/q-1;;+2/p-1. The van der Waals surface area contributed by atoms with Gasteiger partial charge in [0.1, 0.15) is 0 Å². The number of aromatic nitrogens is 1. The number of nitrogens with zero attached hydrogens (tertiary/aromatic N) is 1. The Hall–Kier alpha value is 0.706. The minimum atomic E-state index is 0. The van der Waals surface area contributed by atoms with Crippen LogP contribution in [0.25, 0.3) is 0 Å². The Morgan fingerprint density at radius 3 is 2.11 bits per heavy atom. The minimum Gasteiger partial charge on any atom is -1.00 e. The zero-order valence-corrected chi connectivity index (χ0v) is 9.01. The van der Waals surface area contributed by atoms with E-state index in [-0.39, 0.29) is 47.0 Å². The summed E-state index contributed by atoms with van der Waals surface area (Å²) in [4.78, 5) is 0. The molecule has 4 heteroatoms. The van der Waals surface area contributed by atoms with Crippen LogP contribution in [0.5, 0.6) is 0 Å². The zero-order valence-electron chi connectivity index (χ0n) is 5.44. The van der Waals surface area contributed by atoms with Crippen molar-refractivity contribution in [1.82, 2.24) is 5.16 Å². The van der Waals surface area contributed by atoms with Crippen molar-refractivity contribution in [1.29, 1.82) is 0 Å². The average molecular weight is 247 g/mol. The van der Waals surface area contributed by atoms with Gasteiger partial charge in [-0.3, -0.25) is 0 Å². The number of halogens is 1. The predicted molar refractivity (Wildman–Crippen MR) is 30.6 cm³/mol. The first-order valence-electron chi connectivity index (χ1n) is 2.11. The maximum Gasteiger partial charge on any atom is 2.00 e. The van der Waals surface area contributed by atoms with Crippen molar-refractivity contribution in [3.05, 3.63) is 17.5 Å². The van der Waals surface area contributed by atoms with E-state index in [0.29, 0.717) is 0 Å². The Kier molecular flexibility index (Phi) is 7.55. The van der Waals surface area contributed by atoms with Crippen molar-refractivity contribution in [2.24, 2.45) is 0 Å². The number of aryl methyl sites for hydroxylation is 2. The van der Waals surface area contributed by atoms with Crippen molar-refractivity contribution >= 4 is 23.1 Å². The monoisotopic (exact) mass is 247 g/mol. The first kappa shape index (κ1) is 12.4. The van der Waals surface area contributed by atoms with Crippen LogP contribution in [-0.2, 0) is 0 Å². The van der Waals surface area contributed by atoms with Crippen LogP contribution in [-0.4, -0.2) is 28.2 Å². The van der Waals surface area contributed by atoms with Crippen molar-refractivity contribution in [3.8, 4) is 0 Å². The minimum absolute atomic E-state index is 0. The molecule has 1 heterocycles. The average Bonchev–Trinajstić information content (AvgIpc) is 1.87. The second-order valence-electron chi connectivity index (χ2n) is 1.45. The molecule has 0 aliphatic carbocycles. The first-order valence-corrected chi connectivity index (χ1v) is 2.11. The fourth-order valence-corrected chi connectivity index (χ4v) is 0.437. The first-order chi connectivity index (χ1) is 3.29. The SMILES string of the molecule is Cc1[c-]c(C)on1.[I-].[Mg+2]. The molecule has 1 rings (SSSR count). The summed E-state index contributed by atoms with van der Waals surface area (Å²) in [5.41, 5.74) is 0.817. The fraction of sp³-hybridized carbons (Fsp3) is 0.400. The Bertz CT molecular complexity index is 149. The van der Waals surface area contributed by atoms with Crippen molar-refractivity contribution < 1.29 is 28.5 Å². The Morgan fingerprint density at radius 2 is 2.00 bits per heavy atom. The molecule has 46 valence electrons. The Balaban J connectivity index is 0. The molecule has 0 saturated carbocycles. The van der Waals surface area contributed by atoms with Crippen molar-refractivity contribution in [3.63, 3.8) is 0 Å². The van der Waals surface area contributed by atoms with E-state index in [0.717, 1.165) is 11.5 Å². The van der Waals surface area contributed by atoms with Crippen LogP contribution in [0.3, 0.4) is 0 Å². The molecular weight excluding hydrogens is 241 g/mol. The third-order valence-corrected chi connectivity index (χ3v) is 0.676. The molecule has 0 aromatic carbocycles. The predicted octanol–water partition coefficient (Wildman–Crippen LogP) is -2.29. The molecule has 0 aliphatic rings.